The van der Waals surface area contributed by atoms with Crippen molar-refractivity contribution in [3.8, 4) is 0 Å². The summed E-state index contributed by atoms with van der Waals surface area (Å²) in [5.74, 6) is 0.215. The van der Waals surface area contributed by atoms with Crippen molar-refractivity contribution in [2.45, 2.75) is 32.1 Å². The Balaban J connectivity index is 2.48. The molecule has 0 aliphatic heterocycles. The lowest BCUT2D eigenvalue weighted by atomic mass is 9.92. The van der Waals surface area contributed by atoms with Gasteiger partial charge in [-0.2, -0.15) is 0 Å². The second kappa shape index (κ2) is 5.71. The van der Waals surface area contributed by atoms with Crippen molar-refractivity contribution in [3.05, 3.63) is 47.8 Å². The molecule has 2 unspecified atom stereocenters. The van der Waals surface area contributed by atoms with Crippen LogP contribution in [0.2, 0.25) is 0 Å². The van der Waals surface area contributed by atoms with E-state index in [2.05, 4.69) is 13.8 Å². The molecule has 0 heterocycles. The molecule has 0 bridgehead atoms. The summed E-state index contributed by atoms with van der Waals surface area (Å²) in [7, 11) is 0. The molecule has 0 spiro atoms. The Morgan fingerprint density at radius 1 is 1.11 bits per heavy atom. The number of rotatable bonds is 4. The fourth-order valence-corrected chi connectivity index (χ4v) is 2.75. The molecule has 2 heteroatoms. The number of halogens is 2. The molecular weight excluding hydrogens is 247 g/mol. The van der Waals surface area contributed by atoms with Gasteiger partial charge in [0.15, 0.2) is 0 Å². The van der Waals surface area contributed by atoms with E-state index >= 15 is 0 Å². The predicted molar refractivity (Wildman–Crippen MR) is 76.6 cm³/mol. The van der Waals surface area contributed by atoms with Gasteiger partial charge in [-0.3, -0.25) is 0 Å². The molecular formula is C16H18ClF. The van der Waals surface area contributed by atoms with E-state index in [1.165, 1.54) is 6.07 Å². The van der Waals surface area contributed by atoms with Crippen molar-refractivity contribution in [1.82, 2.24) is 0 Å². The Hall–Kier alpha value is -1.08. The number of hydrogen-bond donors (Lipinski definition) is 0. The van der Waals surface area contributed by atoms with E-state index in [9.17, 15) is 4.39 Å². The molecule has 2 atom stereocenters. The van der Waals surface area contributed by atoms with Gasteiger partial charge in [-0.15, -0.1) is 11.6 Å². The molecule has 0 aliphatic rings. The van der Waals surface area contributed by atoms with Crippen LogP contribution in [0.1, 0.15) is 37.6 Å². The smallest absolute Gasteiger partial charge is 0.131 e. The highest BCUT2D eigenvalue weighted by Gasteiger charge is 2.18. The Kier molecular flexibility index (Phi) is 4.23. The Morgan fingerprint density at radius 2 is 1.78 bits per heavy atom. The standard InChI is InChI=1S/C16H18ClF/c1-3-6-11(2)16(17)14-9-10-15(18)13-8-5-4-7-12(13)14/h4-5,7-11,16H,3,6H2,1-2H3. The largest absolute Gasteiger partial charge is 0.206 e. The van der Waals surface area contributed by atoms with Crippen LogP contribution in [0.25, 0.3) is 10.8 Å². The molecule has 0 saturated carbocycles. The molecule has 0 nitrogen and oxygen atoms in total. The van der Waals surface area contributed by atoms with Crippen molar-refractivity contribution in [1.29, 1.82) is 0 Å². The first-order valence-corrected chi connectivity index (χ1v) is 6.90. The minimum absolute atomic E-state index is 0.0598. The molecule has 18 heavy (non-hydrogen) atoms. The summed E-state index contributed by atoms with van der Waals surface area (Å²) in [6.07, 6.45) is 2.20. The van der Waals surface area contributed by atoms with Crippen LogP contribution >= 0.6 is 11.6 Å². The van der Waals surface area contributed by atoms with Crippen molar-refractivity contribution in [2.75, 3.05) is 0 Å². The maximum Gasteiger partial charge on any atom is 0.131 e. The lowest BCUT2D eigenvalue weighted by molar-refractivity contribution is 0.509. The van der Waals surface area contributed by atoms with Crippen LogP contribution in [0, 0.1) is 11.7 Å². The first-order chi connectivity index (χ1) is 8.65. The third kappa shape index (κ3) is 2.51. The van der Waals surface area contributed by atoms with Gasteiger partial charge in [-0.05, 0) is 29.4 Å². The normalized spacial score (nSPS) is 14.7. The molecule has 0 amide bonds. The third-order valence-electron chi connectivity index (χ3n) is 3.45. The van der Waals surface area contributed by atoms with Crippen LogP contribution in [0.5, 0.6) is 0 Å². The summed E-state index contributed by atoms with van der Waals surface area (Å²) in [4.78, 5) is 0. The number of fused-ring (bicyclic) bond motifs is 1. The van der Waals surface area contributed by atoms with E-state index in [0.29, 0.717) is 11.3 Å². The fourth-order valence-electron chi connectivity index (χ4n) is 2.43. The fraction of sp³-hybridized carbons (Fsp3) is 0.375. The van der Waals surface area contributed by atoms with E-state index in [0.717, 1.165) is 23.8 Å². The zero-order valence-corrected chi connectivity index (χ0v) is 11.5. The molecule has 2 rings (SSSR count). The minimum Gasteiger partial charge on any atom is -0.206 e. The quantitative estimate of drug-likeness (QED) is 0.622. The zero-order valence-electron chi connectivity index (χ0n) is 10.8. The van der Waals surface area contributed by atoms with Crippen LogP contribution in [0.4, 0.5) is 4.39 Å². The van der Waals surface area contributed by atoms with Crippen LogP contribution < -0.4 is 0 Å². The highest BCUT2D eigenvalue weighted by molar-refractivity contribution is 6.22. The zero-order chi connectivity index (χ0) is 13.1. The first-order valence-electron chi connectivity index (χ1n) is 6.46. The average Bonchev–Trinajstić information content (AvgIpc) is 2.39. The highest BCUT2D eigenvalue weighted by Crippen LogP contribution is 2.36. The molecule has 0 radical (unpaired) electrons. The molecule has 96 valence electrons. The lowest BCUT2D eigenvalue weighted by Gasteiger charge is -2.19. The summed E-state index contributed by atoms with van der Waals surface area (Å²) in [5, 5.41) is 1.53. The summed E-state index contributed by atoms with van der Waals surface area (Å²) in [5.41, 5.74) is 1.04. The van der Waals surface area contributed by atoms with Crippen molar-refractivity contribution in [3.63, 3.8) is 0 Å². The Morgan fingerprint density at radius 3 is 2.44 bits per heavy atom. The first kappa shape index (κ1) is 13.4. The molecule has 2 aromatic rings. The summed E-state index contributed by atoms with van der Waals surface area (Å²) in [6.45, 7) is 4.31. The van der Waals surface area contributed by atoms with Gasteiger partial charge in [0, 0.05) is 5.39 Å². The van der Waals surface area contributed by atoms with E-state index in [1.807, 2.05) is 30.3 Å². The van der Waals surface area contributed by atoms with Crippen LogP contribution in [0.15, 0.2) is 36.4 Å². The molecule has 2 aromatic carbocycles. The maximum atomic E-state index is 13.7. The summed E-state index contributed by atoms with van der Waals surface area (Å²) >= 11 is 6.54. The number of benzene rings is 2. The van der Waals surface area contributed by atoms with E-state index in [-0.39, 0.29) is 11.2 Å². The topological polar surface area (TPSA) is 0 Å². The second-order valence-corrected chi connectivity index (χ2v) is 5.32. The van der Waals surface area contributed by atoms with Crippen molar-refractivity contribution >= 4 is 22.4 Å². The second-order valence-electron chi connectivity index (χ2n) is 4.85. The lowest BCUT2D eigenvalue weighted by Crippen LogP contribution is -2.04. The summed E-state index contributed by atoms with van der Waals surface area (Å²) in [6, 6.07) is 10.9. The molecule has 0 N–H and O–H groups in total. The predicted octanol–water partition coefficient (Wildman–Crippen LogP) is 5.70. The van der Waals surface area contributed by atoms with Gasteiger partial charge in [-0.1, -0.05) is 50.6 Å². The van der Waals surface area contributed by atoms with E-state index in [4.69, 9.17) is 11.6 Å². The molecule has 0 aromatic heterocycles. The Bertz CT molecular complexity index is 536. The maximum absolute atomic E-state index is 13.7. The van der Waals surface area contributed by atoms with E-state index in [1.54, 1.807) is 0 Å². The Labute approximate surface area is 113 Å². The monoisotopic (exact) mass is 264 g/mol. The number of alkyl halides is 1. The number of hydrogen-bond acceptors (Lipinski definition) is 0. The third-order valence-corrected chi connectivity index (χ3v) is 4.11. The van der Waals surface area contributed by atoms with Crippen molar-refractivity contribution < 1.29 is 4.39 Å². The summed E-state index contributed by atoms with van der Waals surface area (Å²) < 4.78 is 13.7. The van der Waals surface area contributed by atoms with Crippen LogP contribution in [0.3, 0.4) is 0 Å². The SMILES string of the molecule is CCCC(C)C(Cl)c1ccc(F)c2ccccc12. The highest BCUT2D eigenvalue weighted by atomic mass is 35.5. The van der Waals surface area contributed by atoms with Crippen LogP contribution in [-0.2, 0) is 0 Å². The van der Waals surface area contributed by atoms with Gasteiger partial charge in [0.1, 0.15) is 5.82 Å². The molecule has 0 fully saturated rings. The molecule has 0 saturated heterocycles. The van der Waals surface area contributed by atoms with Crippen molar-refractivity contribution in [2.24, 2.45) is 5.92 Å². The van der Waals surface area contributed by atoms with Gasteiger partial charge in [0.25, 0.3) is 0 Å². The van der Waals surface area contributed by atoms with Gasteiger partial charge in [0.2, 0.25) is 0 Å². The average molecular weight is 265 g/mol. The van der Waals surface area contributed by atoms with Crippen LogP contribution in [-0.4, -0.2) is 0 Å². The van der Waals surface area contributed by atoms with Gasteiger partial charge in [0.05, 0.1) is 5.38 Å². The van der Waals surface area contributed by atoms with Gasteiger partial charge in [-0.25, -0.2) is 4.39 Å². The van der Waals surface area contributed by atoms with E-state index < -0.39 is 0 Å². The minimum atomic E-state index is -0.179. The van der Waals surface area contributed by atoms with Gasteiger partial charge >= 0.3 is 0 Å². The van der Waals surface area contributed by atoms with Gasteiger partial charge < -0.3 is 0 Å². The molecule has 0 aliphatic carbocycles.